The molecule has 33 heavy (non-hydrogen) atoms. The molecule has 0 aliphatic rings. The molecule has 0 aliphatic heterocycles. The summed E-state index contributed by atoms with van der Waals surface area (Å²) in [6.45, 7) is 13.3. The molecule has 0 unspecified atom stereocenters. The molecule has 1 N–H and O–H groups in total. The molecule has 2 rings (SSSR count). The standard InChI is InChI=1S/C27H42N4O2/c1-7-9-11-12-13-26(33)30(18-10-8-2)20-25(32)28-24-19-23(27(4,5)6)29-31(24)22-16-14-21(3)15-17-22/h14-17,19H,7-13,18,20H2,1-6H3,(H,28,32). The normalized spacial score (nSPS) is 11.5. The van der Waals surface area contributed by atoms with Crippen LogP contribution in [0.2, 0.25) is 0 Å². The summed E-state index contributed by atoms with van der Waals surface area (Å²) >= 11 is 0. The predicted octanol–water partition coefficient (Wildman–Crippen LogP) is 6.02. The number of aryl methyl sites for hydroxylation is 1. The SMILES string of the molecule is CCCCCCC(=O)N(CCCC)CC(=O)Nc1cc(C(C)(C)C)nn1-c1ccc(C)cc1. The number of rotatable bonds is 12. The van der Waals surface area contributed by atoms with Crippen LogP contribution in [0.1, 0.15) is 90.8 Å². The Balaban J connectivity index is 2.17. The highest BCUT2D eigenvalue weighted by atomic mass is 16.2. The molecule has 2 aromatic rings. The highest BCUT2D eigenvalue weighted by Crippen LogP contribution is 2.26. The molecule has 6 heteroatoms. The van der Waals surface area contributed by atoms with Crippen LogP contribution in [0.4, 0.5) is 5.82 Å². The van der Waals surface area contributed by atoms with Gasteiger partial charge in [0.1, 0.15) is 5.82 Å². The Morgan fingerprint density at radius 3 is 2.27 bits per heavy atom. The van der Waals surface area contributed by atoms with E-state index in [0.717, 1.165) is 55.5 Å². The van der Waals surface area contributed by atoms with E-state index in [1.54, 1.807) is 9.58 Å². The van der Waals surface area contributed by atoms with Crippen LogP contribution in [0.15, 0.2) is 30.3 Å². The van der Waals surface area contributed by atoms with Gasteiger partial charge in [-0.1, -0.05) is 78.0 Å². The number of carbonyl (C=O) groups is 2. The number of carbonyl (C=O) groups excluding carboxylic acids is 2. The third-order valence-electron chi connectivity index (χ3n) is 5.74. The lowest BCUT2D eigenvalue weighted by Crippen LogP contribution is -2.38. The van der Waals surface area contributed by atoms with Gasteiger partial charge >= 0.3 is 0 Å². The third-order valence-corrected chi connectivity index (χ3v) is 5.74. The van der Waals surface area contributed by atoms with E-state index < -0.39 is 0 Å². The molecule has 1 aromatic heterocycles. The maximum Gasteiger partial charge on any atom is 0.245 e. The number of anilines is 1. The molecule has 2 amide bonds. The fourth-order valence-electron chi connectivity index (χ4n) is 3.58. The summed E-state index contributed by atoms with van der Waals surface area (Å²) in [5.74, 6) is 0.499. The zero-order chi connectivity index (χ0) is 24.4. The monoisotopic (exact) mass is 454 g/mol. The molecule has 0 saturated carbocycles. The van der Waals surface area contributed by atoms with E-state index in [4.69, 9.17) is 5.10 Å². The van der Waals surface area contributed by atoms with Crippen molar-refractivity contribution >= 4 is 17.6 Å². The topological polar surface area (TPSA) is 67.2 Å². The highest BCUT2D eigenvalue weighted by molar-refractivity contribution is 5.94. The summed E-state index contributed by atoms with van der Waals surface area (Å²) in [6.07, 6.45) is 6.60. The largest absolute Gasteiger partial charge is 0.333 e. The summed E-state index contributed by atoms with van der Waals surface area (Å²) in [5, 5.41) is 7.80. The molecule has 0 radical (unpaired) electrons. The van der Waals surface area contributed by atoms with E-state index in [1.165, 1.54) is 0 Å². The first-order chi connectivity index (χ1) is 15.7. The molecule has 6 nitrogen and oxygen atoms in total. The zero-order valence-corrected chi connectivity index (χ0v) is 21.4. The van der Waals surface area contributed by atoms with Crippen LogP contribution < -0.4 is 5.32 Å². The molecule has 0 aliphatic carbocycles. The van der Waals surface area contributed by atoms with E-state index in [2.05, 4.69) is 39.9 Å². The molecule has 182 valence electrons. The van der Waals surface area contributed by atoms with Crippen molar-refractivity contribution in [1.82, 2.24) is 14.7 Å². The second-order valence-corrected chi connectivity index (χ2v) is 9.94. The summed E-state index contributed by atoms with van der Waals surface area (Å²) in [5.41, 5.74) is 2.79. The third kappa shape index (κ3) is 8.34. The molecular weight excluding hydrogens is 412 g/mol. The Bertz CT molecular complexity index is 894. The van der Waals surface area contributed by atoms with E-state index in [9.17, 15) is 9.59 Å². The second-order valence-electron chi connectivity index (χ2n) is 9.94. The minimum absolute atomic E-state index is 0.0660. The minimum atomic E-state index is -0.193. The Morgan fingerprint density at radius 1 is 1.00 bits per heavy atom. The Labute approximate surface area is 199 Å². The van der Waals surface area contributed by atoms with E-state index in [1.807, 2.05) is 37.3 Å². The van der Waals surface area contributed by atoms with Crippen molar-refractivity contribution in [2.45, 2.75) is 91.9 Å². The number of hydrogen-bond donors (Lipinski definition) is 1. The van der Waals surface area contributed by atoms with Crippen LogP contribution >= 0.6 is 0 Å². The highest BCUT2D eigenvalue weighted by Gasteiger charge is 2.23. The molecule has 0 bridgehead atoms. The number of benzene rings is 1. The van der Waals surface area contributed by atoms with Crippen LogP contribution in [0, 0.1) is 6.92 Å². The number of hydrogen-bond acceptors (Lipinski definition) is 3. The molecule has 0 saturated heterocycles. The van der Waals surface area contributed by atoms with Gasteiger partial charge in [0.2, 0.25) is 11.8 Å². The quantitative estimate of drug-likeness (QED) is 0.399. The van der Waals surface area contributed by atoms with Crippen molar-refractivity contribution in [2.24, 2.45) is 0 Å². The number of unbranched alkanes of at least 4 members (excludes halogenated alkanes) is 4. The van der Waals surface area contributed by atoms with Crippen molar-refractivity contribution in [3.8, 4) is 5.69 Å². The Morgan fingerprint density at radius 2 is 1.67 bits per heavy atom. The van der Waals surface area contributed by atoms with Crippen molar-refractivity contribution in [3.63, 3.8) is 0 Å². The van der Waals surface area contributed by atoms with Crippen LogP contribution in [-0.2, 0) is 15.0 Å². The fraction of sp³-hybridized carbons (Fsp3) is 0.593. The van der Waals surface area contributed by atoms with Crippen LogP contribution in [-0.4, -0.2) is 39.6 Å². The smallest absolute Gasteiger partial charge is 0.245 e. The first kappa shape index (κ1) is 26.6. The van der Waals surface area contributed by atoms with Gasteiger partial charge in [0.15, 0.2) is 0 Å². The number of nitrogens with one attached hydrogen (secondary N) is 1. The number of aromatic nitrogens is 2. The maximum absolute atomic E-state index is 13.0. The van der Waals surface area contributed by atoms with Gasteiger partial charge in [-0.2, -0.15) is 5.10 Å². The molecule has 1 aromatic carbocycles. The lowest BCUT2D eigenvalue weighted by atomic mass is 9.92. The van der Waals surface area contributed by atoms with Crippen molar-refractivity contribution in [3.05, 3.63) is 41.6 Å². The van der Waals surface area contributed by atoms with Gasteiger partial charge in [-0.15, -0.1) is 0 Å². The van der Waals surface area contributed by atoms with Gasteiger partial charge in [-0.05, 0) is 31.9 Å². The first-order valence-corrected chi connectivity index (χ1v) is 12.4. The first-order valence-electron chi connectivity index (χ1n) is 12.4. The van der Waals surface area contributed by atoms with Crippen molar-refractivity contribution < 1.29 is 9.59 Å². The predicted molar refractivity (Wildman–Crippen MR) is 136 cm³/mol. The van der Waals surface area contributed by atoms with E-state index >= 15 is 0 Å². The van der Waals surface area contributed by atoms with Gasteiger partial charge in [0.25, 0.3) is 0 Å². The summed E-state index contributed by atoms with van der Waals surface area (Å²) in [7, 11) is 0. The van der Waals surface area contributed by atoms with Crippen molar-refractivity contribution in [2.75, 3.05) is 18.4 Å². The molecular formula is C27H42N4O2. The average molecular weight is 455 g/mol. The van der Waals surface area contributed by atoms with Gasteiger partial charge in [0, 0.05) is 24.4 Å². The van der Waals surface area contributed by atoms with Crippen LogP contribution in [0.25, 0.3) is 5.69 Å². The summed E-state index contributed by atoms with van der Waals surface area (Å²) < 4.78 is 1.78. The molecule has 0 atom stereocenters. The lowest BCUT2D eigenvalue weighted by Gasteiger charge is -2.22. The van der Waals surface area contributed by atoms with Crippen molar-refractivity contribution in [1.29, 1.82) is 0 Å². The zero-order valence-electron chi connectivity index (χ0n) is 21.4. The summed E-state index contributed by atoms with van der Waals surface area (Å²) in [4.78, 5) is 27.5. The fourth-order valence-corrected chi connectivity index (χ4v) is 3.58. The Hall–Kier alpha value is -2.63. The number of nitrogens with zero attached hydrogens (tertiary/aromatic N) is 3. The maximum atomic E-state index is 13.0. The van der Waals surface area contributed by atoms with E-state index in [0.29, 0.717) is 18.8 Å². The average Bonchev–Trinajstić information content (AvgIpc) is 3.18. The Kier molecular flexibility index (Phi) is 10.1. The summed E-state index contributed by atoms with van der Waals surface area (Å²) in [6, 6.07) is 9.99. The second kappa shape index (κ2) is 12.6. The molecule has 1 heterocycles. The molecule has 0 spiro atoms. The van der Waals surface area contributed by atoms with Gasteiger partial charge in [0.05, 0.1) is 17.9 Å². The van der Waals surface area contributed by atoms with Crippen LogP contribution in [0.5, 0.6) is 0 Å². The lowest BCUT2D eigenvalue weighted by molar-refractivity contribution is -0.134. The van der Waals surface area contributed by atoms with Gasteiger partial charge in [-0.25, -0.2) is 4.68 Å². The number of amides is 2. The van der Waals surface area contributed by atoms with Gasteiger partial charge in [-0.3, -0.25) is 9.59 Å². The molecule has 0 fully saturated rings. The van der Waals surface area contributed by atoms with Gasteiger partial charge < -0.3 is 10.2 Å². The van der Waals surface area contributed by atoms with Crippen LogP contribution in [0.3, 0.4) is 0 Å². The minimum Gasteiger partial charge on any atom is -0.333 e. The van der Waals surface area contributed by atoms with E-state index in [-0.39, 0.29) is 23.8 Å².